The average Bonchev–Trinajstić information content (AvgIpc) is 3.08. The van der Waals surface area contributed by atoms with Gasteiger partial charge in [-0.1, -0.05) is 17.7 Å². The number of aromatic amines is 1. The highest BCUT2D eigenvalue weighted by Crippen LogP contribution is 2.30. The highest BCUT2D eigenvalue weighted by atomic mass is 79.9. The van der Waals surface area contributed by atoms with Gasteiger partial charge in [-0.05, 0) is 60.5 Å². The van der Waals surface area contributed by atoms with E-state index < -0.39 is 0 Å². The van der Waals surface area contributed by atoms with Gasteiger partial charge in [0.05, 0.1) is 28.0 Å². The first-order valence-corrected chi connectivity index (χ1v) is 10.3. The molecule has 4 aromatic rings. The molecule has 0 atom stereocenters. The van der Waals surface area contributed by atoms with Crippen LogP contribution < -0.4 is 11.2 Å². The van der Waals surface area contributed by atoms with Crippen molar-refractivity contribution in [2.75, 3.05) is 0 Å². The molecule has 2 heterocycles. The van der Waals surface area contributed by atoms with Crippen molar-refractivity contribution in [3.05, 3.63) is 78.0 Å². The number of rotatable bonds is 3. The molecule has 0 fully saturated rings. The van der Waals surface area contributed by atoms with Crippen LogP contribution in [-0.4, -0.2) is 25.1 Å². The zero-order chi connectivity index (χ0) is 21.7. The largest absolute Gasteiger partial charge is 0.328 e. The fourth-order valence-corrected chi connectivity index (χ4v) is 4.11. The van der Waals surface area contributed by atoms with Gasteiger partial charge >= 0.3 is 5.69 Å². The summed E-state index contributed by atoms with van der Waals surface area (Å²) in [6.07, 6.45) is 1.57. The van der Waals surface area contributed by atoms with Crippen LogP contribution in [0.5, 0.6) is 0 Å². The molecule has 4 rings (SSSR count). The third-order valence-corrected chi connectivity index (χ3v) is 6.02. The number of fused-ring (bicyclic) bond motifs is 1. The van der Waals surface area contributed by atoms with Crippen molar-refractivity contribution in [3.8, 4) is 5.69 Å². The van der Waals surface area contributed by atoms with Crippen molar-refractivity contribution in [2.24, 2.45) is 19.1 Å². The summed E-state index contributed by atoms with van der Waals surface area (Å²) in [5.41, 5.74) is 6.15. The van der Waals surface area contributed by atoms with E-state index in [0.29, 0.717) is 11.3 Å². The van der Waals surface area contributed by atoms with E-state index in [1.165, 1.54) is 0 Å². The predicted molar refractivity (Wildman–Crippen MR) is 124 cm³/mol. The summed E-state index contributed by atoms with van der Waals surface area (Å²) in [5.74, 6) is 0. The van der Waals surface area contributed by atoms with E-state index in [1.54, 1.807) is 34.1 Å². The zero-order valence-corrected chi connectivity index (χ0v) is 19.0. The number of aromatic nitrogens is 4. The average molecular weight is 468 g/mol. The van der Waals surface area contributed by atoms with E-state index in [2.05, 4.69) is 26.0 Å². The van der Waals surface area contributed by atoms with Crippen molar-refractivity contribution in [2.45, 2.75) is 20.8 Å². The van der Waals surface area contributed by atoms with Gasteiger partial charge in [0.1, 0.15) is 0 Å². The number of halogens is 1. The van der Waals surface area contributed by atoms with E-state index >= 15 is 0 Å². The van der Waals surface area contributed by atoms with Gasteiger partial charge in [0, 0.05) is 30.5 Å². The van der Waals surface area contributed by atoms with Gasteiger partial charge in [0.25, 0.3) is 5.56 Å². The molecule has 2 aromatic heterocycles. The van der Waals surface area contributed by atoms with Crippen molar-refractivity contribution in [1.29, 1.82) is 0 Å². The summed E-state index contributed by atoms with van der Waals surface area (Å²) in [6, 6.07) is 9.66. The molecule has 2 aromatic carbocycles. The molecule has 0 saturated heterocycles. The standard InChI is InChI=1S/C22H22BrN5O2/c1-12-6-7-18(13(2)8-12)28-21(29)15(14(3)25-28)11-24-17-10-20-19(9-16(17)23)26(4)22(30)27(20)5/h6-11,25H,1-5H3. The lowest BCUT2D eigenvalue weighted by Gasteiger charge is -2.06. The molecular weight excluding hydrogens is 446 g/mol. The Hall–Kier alpha value is -3.13. The van der Waals surface area contributed by atoms with Crippen LogP contribution in [0.3, 0.4) is 0 Å². The summed E-state index contributed by atoms with van der Waals surface area (Å²) in [6.45, 7) is 5.85. The topological polar surface area (TPSA) is 77.1 Å². The smallest absolute Gasteiger partial charge is 0.295 e. The minimum atomic E-state index is -0.160. The van der Waals surface area contributed by atoms with Crippen LogP contribution in [0.25, 0.3) is 16.7 Å². The molecule has 0 aliphatic carbocycles. The van der Waals surface area contributed by atoms with E-state index in [4.69, 9.17) is 0 Å². The molecule has 0 unspecified atom stereocenters. The third kappa shape index (κ3) is 3.17. The van der Waals surface area contributed by atoms with Crippen LogP contribution in [0.15, 0.2) is 49.4 Å². The molecule has 154 valence electrons. The lowest BCUT2D eigenvalue weighted by molar-refractivity contribution is 0.795. The summed E-state index contributed by atoms with van der Waals surface area (Å²) in [4.78, 5) is 29.8. The Balaban J connectivity index is 1.79. The van der Waals surface area contributed by atoms with Gasteiger partial charge < -0.3 is 0 Å². The van der Waals surface area contributed by atoms with E-state index in [1.807, 2.05) is 51.1 Å². The van der Waals surface area contributed by atoms with Gasteiger partial charge in [0.2, 0.25) is 0 Å². The third-order valence-electron chi connectivity index (χ3n) is 5.38. The number of aryl methyl sites for hydroxylation is 5. The number of benzene rings is 2. The van der Waals surface area contributed by atoms with Crippen molar-refractivity contribution in [3.63, 3.8) is 0 Å². The zero-order valence-electron chi connectivity index (χ0n) is 17.4. The summed E-state index contributed by atoms with van der Waals surface area (Å²) in [7, 11) is 3.46. The highest BCUT2D eigenvalue weighted by molar-refractivity contribution is 9.10. The monoisotopic (exact) mass is 467 g/mol. The quantitative estimate of drug-likeness (QED) is 0.465. The van der Waals surface area contributed by atoms with Gasteiger partial charge in [-0.2, -0.15) is 0 Å². The first-order chi connectivity index (χ1) is 14.2. The molecule has 30 heavy (non-hydrogen) atoms. The van der Waals surface area contributed by atoms with Crippen LogP contribution in [0.1, 0.15) is 22.4 Å². The van der Waals surface area contributed by atoms with Crippen LogP contribution in [-0.2, 0) is 14.1 Å². The first-order valence-electron chi connectivity index (χ1n) is 9.47. The minimum absolute atomic E-state index is 0.101. The molecule has 8 heteroatoms. The molecule has 0 bridgehead atoms. The Labute approximate surface area is 181 Å². The first kappa shape index (κ1) is 20.2. The van der Waals surface area contributed by atoms with Crippen LogP contribution in [0, 0.1) is 20.8 Å². The lowest BCUT2D eigenvalue weighted by Crippen LogP contribution is -2.19. The molecule has 0 amide bonds. The maximum Gasteiger partial charge on any atom is 0.328 e. The van der Waals surface area contributed by atoms with E-state index in [0.717, 1.165) is 38.0 Å². The second-order valence-electron chi connectivity index (χ2n) is 7.53. The second-order valence-corrected chi connectivity index (χ2v) is 8.39. The minimum Gasteiger partial charge on any atom is -0.295 e. The Morgan fingerprint density at radius 3 is 2.33 bits per heavy atom. The molecule has 1 N–H and O–H groups in total. The van der Waals surface area contributed by atoms with Crippen molar-refractivity contribution < 1.29 is 0 Å². The Morgan fingerprint density at radius 2 is 1.67 bits per heavy atom. The van der Waals surface area contributed by atoms with Gasteiger partial charge in [-0.25, -0.2) is 9.48 Å². The van der Waals surface area contributed by atoms with E-state index in [-0.39, 0.29) is 11.2 Å². The molecular formula is C22H22BrN5O2. The molecule has 7 nitrogen and oxygen atoms in total. The number of imidazole rings is 1. The highest BCUT2D eigenvalue weighted by Gasteiger charge is 2.14. The Morgan fingerprint density at radius 1 is 1.00 bits per heavy atom. The second kappa shape index (κ2) is 7.28. The van der Waals surface area contributed by atoms with Gasteiger partial charge in [0.15, 0.2) is 0 Å². The number of hydrogen-bond donors (Lipinski definition) is 1. The van der Waals surface area contributed by atoms with Crippen LogP contribution in [0.4, 0.5) is 5.69 Å². The number of hydrogen-bond acceptors (Lipinski definition) is 3. The SMILES string of the molecule is Cc1ccc(-n2[nH]c(C)c(C=Nc3cc4c(cc3Br)n(C)c(=O)n4C)c2=O)c(C)c1. The van der Waals surface area contributed by atoms with E-state index in [9.17, 15) is 9.59 Å². The van der Waals surface area contributed by atoms with Crippen molar-refractivity contribution >= 4 is 38.9 Å². The van der Waals surface area contributed by atoms with Gasteiger partial charge in [-0.15, -0.1) is 0 Å². The number of H-pyrrole nitrogens is 1. The number of nitrogens with zero attached hydrogens (tertiary/aromatic N) is 4. The summed E-state index contributed by atoms with van der Waals surface area (Å²) in [5, 5.41) is 3.14. The molecule has 0 radical (unpaired) electrons. The molecule has 0 saturated carbocycles. The molecule has 0 spiro atoms. The summed E-state index contributed by atoms with van der Waals surface area (Å²) >= 11 is 3.52. The Bertz CT molecular complexity index is 1450. The van der Waals surface area contributed by atoms with Gasteiger partial charge in [-0.3, -0.25) is 24.0 Å². The van der Waals surface area contributed by atoms with Crippen LogP contribution >= 0.6 is 15.9 Å². The van der Waals surface area contributed by atoms with Crippen molar-refractivity contribution in [1.82, 2.24) is 18.9 Å². The lowest BCUT2D eigenvalue weighted by atomic mass is 10.1. The normalized spacial score (nSPS) is 11.8. The molecule has 0 aliphatic rings. The fourth-order valence-electron chi connectivity index (χ4n) is 3.68. The number of aliphatic imine (C=N–C) groups is 1. The van der Waals surface area contributed by atoms with Crippen LogP contribution in [0.2, 0.25) is 0 Å². The maximum absolute atomic E-state index is 13.0. The maximum atomic E-state index is 13.0. The number of nitrogens with one attached hydrogen (secondary N) is 1. The fraction of sp³-hybridized carbons (Fsp3) is 0.227. The molecule has 0 aliphatic heterocycles. The summed E-state index contributed by atoms with van der Waals surface area (Å²) < 4.78 is 5.46. The Kier molecular flexibility index (Phi) is 4.89. The predicted octanol–water partition coefficient (Wildman–Crippen LogP) is 3.79.